The van der Waals surface area contributed by atoms with Crippen LogP contribution in [0.1, 0.15) is 33.3 Å². The molecular formula is C21H19N5O3. The number of carbonyl (C=O) groups is 3. The van der Waals surface area contributed by atoms with Crippen molar-refractivity contribution in [3.63, 3.8) is 0 Å². The van der Waals surface area contributed by atoms with Crippen LogP contribution in [0.15, 0.2) is 67.1 Å². The molecule has 2 aromatic heterocycles. The summed E-state index contributed by atoms with van der Waals surface area (Å²) in [6, 6.07) is 13.3. The van der Waals surface area contributed by atoms with Crippen molar-refractivity contribution in [1.82, 2.24) is 15.3 Å². The molecule has 3 amide bonds. The molecule has 0 fully saturated rings. The van der Waals surface area contributed by atoms with Crippen LogP contribution in [0.3, 0.4) is 0 Å². The zero-order valence-corrected chi connectivity index (χ0v) is 15.7. The topological polar surface area (TPSA) is 113 Å². The molecule has 0 atom stereocenters. The summed E-state index contributed by atoms with van der Waals surface area (Å²) in [6.07, 6.45) is 4.71. The minimum Gasteiger partial charge on any atom is -0.348 e. The summed E-state index contributed by atoms with van der Waals surface area (Å²) in [6.45, 7) is 1.75. The van der Waals surface area contributed by atoms with Crippen molar-refractivity contribution in [3.05, 3.63) is 83.9 Å². The van der Waals surface area contributed by atoms with Gasteiger partial charge in [-0.1, -0.05) is 6.07 Å². The van der Waals surface area contributed by atoms with Crippen molar-refractivity contribution in [2.75, 3.05) is 10.6 Å². The molecule has 0 aliphatic heterocycles. The van der Waals surface area contributed by atoms with Gasteiger partial charge in [0.1, 0.15) is 5.69 Å². The van der Waals surface area contributed by atoms with E-state index in [0.29, 0.717) is 23.5 Å². The van der Waals surface area contributed by atoms with E-state index in [1.54, 1.807) is 48.8 Å². The van der Waals surface area contributed by atoms with E-state index in [1.165, 1.54) is 25.3 Å². The molecule has 0 saturated heterocycles. The van der Waals surface area contributed by atoms with E-state index in [4.69, 9.17) is 0 Å². The minimum absolute atomic E-state index is 0.103. The second kappa shape index (κ2) is 9.23. The summed E-state index contributed by atoms with van der Waals surface area (Å²) in [7, 11) is 0. The van der Waals surface area contributed by atoms with Gasteiger partial charge in [0.05, 0.1) is 0 Å². The van der Waals surface area contributed by atoms with Crippen LogP contribution < -0.4 is 16.0 Å². The maximum atomic E-state index is 12.5. The highest BCUT2D eigenvalue weighted by atomic mass is 16.2. The van der Waals surface area contributed by atoms with Crippen LogP contribution in [-0.2, 0) is 11.3 Å². The van der Waals surface area contributed by atoms with Gasteiger partial charge in [-0.05, 0) is 48.0 Å². The molecule has 0 bridgehead atoms. The first kappa shape index (κ1) is 19.7. The van der Waals surface area contributed by atoms with Gasteiger partial charge >= 0.3 is 0 Å². The lowest BCUT2D eigenvalue weighted by atomic mass is 10.2. The average Bonchev–Trinajstić information content (AvgIpc) is 2.72. The maximum absolute atomic E-state index is 12.5. The van der Waals surface area contributed by atoms with E-state index in [2.05, 4.69) is 25.9 Å². The standard InChI is InChI=1S/C21H19N5O3/c1-14(27)25-17-3-2-4-18(12-17)26-21(29)19-11-16(7-10-23-19)20(28)24-13-15-5-8-22-9-6-15/h2-12H,13H2,1H3,(H,24,28)(H,25,27)(H,26,29). The Hall–Kier alpha value is -4.07. The molecule has 29 heavy (non-hydrogen) atoms. The number of aromatic nitrogens is 2. The predicted molar refractivity (Wildman–Crippen MR) is 108 cm³/mol. The molecule has 3 N–H and O–H groups in total. The maximum Gasteiger partial charge on any atom is 0.274 e. The summed E-state index contributed by atoms with van der Waals surface area (Å²) in [5.41, 5.74) is 2.40. The summed E-state index contributed by atoms with van der Waals surface area (Å²) in [5, 5.41) is 8.14. The first-order valence-corrected chi connectivity index (χ1v) is 8.83. The number of hydrogen-bond acceptors (Lipinski definition) is 5. The highest BCUT2D eigenvalue weighted by Crippen LogP contribution is 2.16. The smallest absolute Gasteiger partial charge is 0.274 e. The number of benzene rings is 1. The van der Waals surface area contributed by atoms with Crippen LogP contribution in [0, 0.1) is 0 Å². The fourth-order valence-corrected chi connectivity index (χ4v) is 2.55. The van der Waals surface area contributed by atoms with Gasteiger partial charge in [0.2, 0.25) is 5.91 Å². The van der Waals surface area contributed by atoms with Crippen molar-refractivity contribution in [2.24, 2.45) is 0 Å². The van der Waals surface area contributed by atoms with E-state index in [-0.39, 0.29) is 17.5 Å². The number of amides is 3. The Balaban J connectivity index is 1.66. The second-order valence-electron chi connectivity index (χ2n) is 6.18. The summed E-state index contributed by atoms with van der Waals surface area (Å²) >= 11 is 0. The number of nitrogens with one attached hydrogen (secondary N) is 3. The molecule has 0 aliphatic rings. The Morgan fingerprint density at radius 3 is 2.31 bits per heavy atom. The summed E-state index contributed by atoms with van der Waals surface area (Å²) in [4.78, 5) is 44.0. The third-order valence-electron chi connectivity index (χ3n) is 3.90. The van der Waals surface area contributed by atoms with Crippen molar-refractivity contribution in [1.29, 1.82) is 0 Å². The average molecular weight is 389 g/mol. The number of nitrogens with zero attached hydrogens (tertiary/aromatic N) is 2. The zero-order chi connectivity index (χ0) is 20.6. The Morgan fingerprint density at radius 1 is 0.862 bits per heavy atom. The first-order valence-electron chi connectivity index (χ1n) is 8.83. The molecule has 3 aromatic rings. The number of pyridine rings is 2. The molecular weight excluding hydrogens is 370 g/mol. The third kappa shape index (κ3) is 5.70. The predicted octanol–water partition coefficient (Wildman–Crippen LogP) is 2.62. The van der Waals surface area contributed by atoms with Gasteiger partial charge in [0.25, 0.3) is 11.8 Å². The van der Waals surface area contributed by atoms with Crippen molar-refractivity contribution < 1.29 is 14.4 Å². The highest BCUT2D eigenvalue weighted by Gasteiger charge is 2.12. The highest BCUT2D eigenvalue weighted by molar-refractivity contribution is 6.05. The number of rotatable bonds is 6. The lowest BCUT2D eigenvalue weighted by Gasteiger charge is -2.09. The SMILES string of the molecule is CC(=O)Nc1cccc(NC(=O)c2cc(C(=O)NCc3ccncc3)ccn2)c1. The summed E-state index contributed by atoms with van der Waals surface area (Å²) in [5.74, 6) is -0.986. The Kier molecular flexibility index (Phi) is 6.26. The van der Waals surface area contributed by atoms with E-state index < -0.39 is 5.91 Å². The number of anilines is 2. The van der Waals surface area contributed by atoms with Crippen LogP contribution in [-0.4, -0.2) is 27.7 Å². The van der Waals surface area contributed by atoms with Crippen LogP contribution in [0.5, 0.6) is 0 Å². The molecule has 0 aliphatic carbocycles. The fourth-order valence-electron chi connectivity index (χ4n) is 2.55. The number of carbonyl (C=O) groups excluding carboxylic acids is 3. The normalized spacial score (nSPS) is 10.1. The first-order chi connectivity index (χ1) is 14.0. The minimum atomic E-state index is -0.464. The quantitative estimate of drug-likeness (QED) is 0.600. The molecule has 0 radical (unpaired) electrons. The van der Waals surface area contributed by atoms with Gasteiger partial charge in [0, 0.05) is 49.0 Å². The van der Waals surface area contributed by atoms with E-state index in [1.807, 2.05) is 0 Å². The molecule has 2 heterocycles. The van der Waals surface area contributed by atoms with Gasteiger partial charge in [-0.25, -0.2) is 0 Å². The monoisotopic (exact) mass is 389 g/mol. The molecule has 8 heteroatoms. The van der Waals surface area contributed by atoms with Crippen molar-refractivity contribution in [2.45, 2.75) is 13.5 Å². The Labute approximate surface area is 167 Å². The zero-order valence-electron chi connectivity index (χ0n) is 15.7. The second-order valence-corrected chi connectivity index (χ2v) is 6.18. The largest absolute Gasteiger partial charge is 0.348 e. The van der Waals surface area contributed by atoms with E-state index in [9.17, 15) is 14.4 Å². The van der Waals surface area contributed by atoms with Crippen LogP contribution in [0.25, 0.3) is 0 Å². The Bertz CT molecular complexity index is 1040. The molecule has 1 aromatic carbocycles. The van der Waals surface area contributed by atoms with Crippen molar-refractivity contribution in [3.8, 4) is 0 Å². The van der Waals surface area contributed by atoms with Crippen molar-refractivity contribution >= 4 is 29.1 Å². The van der Waals surface area contributed by atoms with Gasteiger partial charge in [0.15, 0.2) is 0 Å². The van der Waals surface area contributed by atoms with Crippen LogP contribution in [0.4, 0.5) is 11.4 Å². The molecule has 0 spiro atoms. The van der Waals surface area contributed by atoms with Crippen LogP contribution >= 0.6 is 0 Å². The fraction of sp³-hybridized carbons (Fsp3) is 0.0952. The van der Waals surface area contributed by atoms with Gasteiger partial charge in [-0.3, -0.25) is 24.4 Å². The molecule has 0 saturated carbocycles. The van der Waals surface area contributed by atoms with Gasteiger partial charge in [-0.2, -0.15) is 0 Å². The molecule has 8 nitrogen and oxygen atoms in total. The van der Waals surface area contributed by atoms with E-state index in [0.717, 1.165) is 5.56 Å². The lowest BCUT2D eigenvalue weighted by Crippen LogP contribution is -2.23. The molecule has 0 unspecified atom stereocenters. The lowest BCUT2D eigenvalue weighted by molar-refractivity contribution is -0.114. The van der Waals surface area contributed by atoms with Gasteiger partial charge in [-0.15, -0.1) is 0 Å². The van der Waals surface area contributed by atoms with E-state index >= 15 is 0 Å². The third-order valence-corrected chi connectivity index (χ3v) is 3.90. The molecule has 3 rings (SSSR count). The van der Waals surface area contributed by atoms with Crippen LogP contribution in [0.2, 0.25) is 0 Å². The number of hydrogen-bond donors (Lipinski definition) is 3. The Morgan fingerprint density at radius 2 is 1.59 bits per heavy atom. The molecule has 146 valence electrons. The summed E-state index contributed by atoms with van der Waals surface area (Å²) < 4.78 is 0. The van der Waals surface area contributed by atoms with Gasteiger partial charge < -0.3 is 16.0 Å².